The number of hydrogen-bond donors (Lipinski definition) is 2. The van der Waals surface area contributed by atoms with E-state index in [9.17, 15) is 9.90 Å². The van der Waals surface area contributed by atoms with E-state index in [1.807, 2.05) is 6.20 Å². The van der Waals surface area contributed by atoms with Crippen LogP contribution < -0.4 is 5.73 Å². The van der Waals surface area contributed by atoms with Crippen molar-refractivity contribution < 1.29 is 14.6 Å². The fourth-order valence-corrected chi connectivity index (χ4v) is 3.12. The molecule has 2 unspecified atom stereocenters. The van der Waals surface area contributed by atoms with Gasteiger partial charge < -0.3 is 20.1 Å². The monoisotopic (exact) mass is 323 g/mol. The lowest BCUT2D eigenvalue weighted by Crippen LogP contribution is -2.32. The first-order valence-corrected chi connectivity index (χ1v) is 8.65. The number of nitrogens with two attached hydrogens (primary N) is 1. The van der Waals surface area contributed by atoms with Crippen LogP contribution in [-0.4, -0.2) is 39.4 Å². The minimum absolute atomic E-state index is 0.176. The summed E-state index contributed by atoms with van der Waals surface area (Å²) in [6, 6.07) is -0.176. The third-order valence-electron chi connectivity index (χ3n) is 4.44. The Hall–Kier alpha value is -1.40. The van der Waals surface area contributed by atoms with E-state index in [1.165, 1.54) is 38.5 Å². The number of hydrogen-bond acceptors (Lipinski definition) is 4. The van der Waals surface area contributed by atoms with Gasteiger partial charge in [-0.1, -0.05) is 32.1 Å². The molecular weight excluding hydrogens is 294 g/mol. The smallest absolute Gasteiger partial charge is 0.333 e. The molecule has 1 heterocycles. The van der Waals surface area contributed by atoms with Crippen LogP contribution in [0.3, 0.4) is 0 Å². The number of nitrogens with zero attached hydrogens (tertiary/aromatic N) is 2. The molecule has 3 N–H and O–H groups in total. The first kappa shape index (κ1) is 17.9. The Labute approximate surface area is 138 Å². The van der Waals surface area contributed by atoms with Gasteiger partial charge in [0.05, 0.1) is 18.6 Å². The van der Waals surface area contributed by atoms with Gasteiger partial charge in [0, 0.05) is 25.2 Å². The Morgan fingerprint density at radius 1 is 1.48 bits per heavy atom. The van der Waals surface area contributed by atoms with Crippen LogP contribution in [0.15, 0.2) is 12.5 Å². The van der Waals surface area contributed by atoms with Crippen molar-refractivity contribution in [2.45, 2.75) is 70.6 Å². The molecule has 0 radical (unpaired) electrons. The largest absolute Gasteiger partial charge is 0.479 e. The Bertz CT molecular complexity index is 481. The molecule has 2 atom stereocenters. The van der Waals surface area contributed by atoms with Gasteiger partial charge in [-0.15, -0.1) is 0 Å². The van der Waals surface area contributed by atoms with E-state index < -0.39 is 12.1 Å². The van der Waals surface area contributed by atoms with Crippen molar-refractivity contribution in [1.82, 2.24) is 9.55 Å². The second-order valence-corrected chi connectivity index (χ2v) is 6.74. The molecule has 1 aromatic heterocycles. The second kappa shape index (κ2) is 9.03. The van der Waals surface area contributed by atoms with Crippen LogP contribution in [0.5, 0.6) is 0 Å². The molecule has 0 aromatic carbocycles. The molecule has 2 rings (SSSR count). The van der Waals surface area contributed by atoms with E-state index >= 15 is 0 Å². The number of imidazole rings is 1. The van der Waals surface area contributed by atoms with E-state index in [4.69, 9.17) is 10.5 Å². The maximum atomic E-state index is 11.3. The molecule has 1 fully saturated rings. The van der Waals surface area contributed by atoms with Crippen molar-refractivity contribution in [2.75, 3.05) is 6.61 Å². The minimum atomic E-state index is -0.970. The summed E-state index contributed by atoms with van der Waals surface area (Å²) in [7, 11) is 0. The van der Waals surface area contributed by atoms with Crippen LogP contribution in [0, 0.1) is 5.92 Å². The molecule has 1 aromatic rings. The van der Waals surface area contributed by atoms with E-state index in [0.29, 0.717) is 0 Å². The summed E-state index contributed by atoms with van der Waals surface area (Å²) >= 11 is 0. The van der Waals surface area contributed by atoms with Gasteiger partial charge in [0.15, 0.2) is 6.10 Å². The van der Waals surface area contributed by atoms with Gasteiger partial charge in [-0.3, -0.25) is 0 Å². The molecule has 0 spiro atoms. The quantitative estimate of drug-likeness (QED) is 0.727. The lowest BCUT2D eigenvalue weighted by molar-refractivity contribution is -0.150. The van der Waals surface area contributed by atoms with Crippen molar-refractivity contribution in [3.8, 4) is 0 Å². The molecule has 1 saturated carbocycles. The molecule has 1 aliphatic carbocycles. The zero-order valence-electron chi connectivity index (χ0n) is 14.0. The molecule has 0 amide bonds. The van der Waals surface area contributed by atoms with Crippen molar-refractivity contribution in [3.05, 3.63) is 18.2 Å². The average Bonchev–Trinajstić information content (AvgIpc) is 2.97. The molecule has 1 aliphatic rings. The zero-order chi connectivity index (χ0) is 16.7. The molecule has 23 heavy (non-hydrogen) atoms. The topological polar surface area (TPSA) is 90.4 Å². The van der Waals surface area contributed by atoms with Crippen LogP contribution in [0.1, 0.15) is 51.1 Å². The summed E-state index contributed by atoms with van der Waals surface area (Å²) in [6.45, 7) is 2.98. The molecule has 6 heteroatoms. The van der Waals surface area contributed by atoms with Gasteiger partial charge in [-0.25, -0.2) is 9.78 Å². The van der Waals surface area contributed by atoms with Crippen LogP contribution in [0.25, 0.3) is 0 Å². The lowest BCUT2D eigenvalue weighted by atomic mass is 9.87. The Morgan fingerprint density at radius 3 is 2.87 bits per heavy atom. The third-order valence-corrected chi connectivity index (χ3v) is 4.44. The van der Waals surface area contributed by atoms with Crippen molar-refractivity contribution >= 4 is 5.97 Å². The standard InChI is InChI=1S/C17H29N3O3/c1-13(18)11-23-16(17(21)22)9-15-10-20(12-19-15)8-7-14-5-3-2-4-6-14/h10,12-14,16H,2-9,11,18H2,1H3,(H,21,22). The fourth-order valence-electron chi connectivity index (χ4n) is 3.12. The van der Waals surface area contributed by atoms with Crippen LogP contribution >= 0.6 is 0 Å². The van der Waals surface area contributed by atoms with Crippen molar-refractivity contribution in [3.63, 3.8) is 0 Å². The number of aromatic nitrogens is 2. The minimum Gasteiger partial charge on any atom is -0.479 e. The van der Waals surface area contributed by atoms with Gasteiger partial charge in [0.1, 0.15) is 0 Å². The molecule has 6 nitrogen and oxygen atoms in total. The fraction of sp³-hybridized carbons (Fsp3) is 0.765. The van der Waals surface area contributed by atoms with Gasteiger partial charge >= 0.3 is 5.97 Å². The van der Waals surface area contributed by atoms with Gasteiger partial charge in [0.25, 0.3) is 0 Å². The number of carboxylic acids is 1. The summed E-state index contributed by atoms with van der Waals surface area (Å²) in [4.78, 5) is 15.6. The number of ether oxygens (including phenoxy) is 1. The first-order chi connectivity index (χ1) is 11.0. The summed E-state index contributed by atoms with van der Waals surface area (Å²) < 4.78 is 7.42. The van der Waals surface area contributed by atoms with Crippen LogP contribution in [0.4, 0.5) is 0 Å². The van der Waals surface area contributed by atoms with E-state index in [0.717, 1.165) is 18.2 Å². The first-order valence-electron chi connectivity index (χ1n) is 8.65. The highest BCUT2D eigenvalue weighted by molar-refractivity contribution is 5.72. The average molecular weight is 323 g/mol. The summed E-state index contributed by atoms with van der Waals surface area (Å²) in [6.07, 6.45) is 11.1. The molecule has 0 bridgehead atoms. The van der Waals surface area contributed by atoms with E-state index in [-0.39, 0.29) is 19.1 Å². The summed E-state index contributed by atoms with van der Waals surface area (Å²) in [5.41, 5.74) is 6.37. The normalized spacial score (nSPS) is 18.7. The summed E-state index contributed by atoms with van der Waals surface area (Å²) in [5.74, 6) is -0.141. The zero-order valence-corrected chi connectivity index (χ0v) is 14.0. The highest BCUT2D eigenvalue weighted by Gasteiger charge is 2.20. The highest BCUT2D eigenvalue weighted by Crippen LogP contribution is 2.26. The Kier molecular flexibility index (Phi) is 7.05. The maximum Gasteiger partial charge on any atom is 0.333 e. The van der Waals surface area contributed by atoms with E-state index in [1.54, 1.807) is 13.3 Å². The van der Waals surface area contributed by atoms with Gasteiger partial charge in [-0.2, -0.15) is 0 Å². The molecule has 0 saturated heterocycles. The predicted molar refractivity (Wildman–Crippen MR) is 88.1 cm³/mol. The molecular formula is C17H29N3O3. The third kappa shape index (κ3) is 6.31. The van der Waals surface area contributed by atoms with Crippen LogP contribution in [0.2, 0.25) is 0 Å². The Balaban J connectivity index is 1.81. The van der Waals surface area contributed by atoms with Crippen molar-refractivity contribution in [1.29, 1.82) is 0 Å². The number of aryl methyl sites for hydroxylation is 1. The SMILES string of the molecule is CC(N)COC(Cc1cn(CCC2CCCCC2)cn1)C(=O)O. The van der Waals surface area contributed by atoms with Gasteiger partial charge in [0.2, 0.25) is 0 Å². The number of carboxylic acid groups (broad SMARTS) is 1. The number of rotatable bonds is 9. The maximum absolute atomic E-state index is 11.3. The Morgan fingerprint density at radius 2 is 2.22 bits per heavy atom. The second-order valence-electron chi connectivity index (χ2n) is 6.74. The van der Waals surface area contributed by atoms with Crippen molar-refractivity contribution in [2.24, 2.45) is 11.7 Å². The number of carbonyl (C=O) groups is 1. The van der Waals surface area contributed by atoms with Crippen LogP contribution in [-0.2, 0) is 22.5 Å². The van der Waals surface area contributed by atoms with E-state index in [2.05, 4.69) is 9.55 Å². The predicted octanol–water partition coefficient (Wildman–Crippen LogP) is 2.21. The number of aliphatic carboxylic acids is 1. The summed E-state index contributed by atoms with van der Waals surface area (Å²) in [5, 5.41) is 9.23. The molecule has 0 aliphatic heterocycles. The highest BCUT2D eigenvalue weighted by atomic mass is 16.5. The lowest BCUT2D eigenvalue weighted by Gasteiger charge is -2.21. The molecule has 130 valence electrons. The van der Waals surface area contributed by atoms with Gasteiger partial charge in [-0.05, 0) is 19.3 Å².